The summed E-state index contributed by atoms with van der Waals surface area (Å²) in [6.45, 7) is 1.77. The number of benzene rings is 1. The molecule has 21 heavy (non-hydrogen) atoms. The molecule has 1 N–H and O–H groups in total. The van der Waals surface area contributed by atoms with Gasteiger partial charge in [0.25, 0.3) is 5.69 Å². The molecule has 0 heterocycles. The van der Waals surface area contributed by atoms with Crippen molar-refractivity contribution >= 4 is 5.69 Å². The maximum atomic E-state index is 11.0. The van der Waals surface area contributed by atoms with Gasteiger partial charge < -0.3 is 5.11 Å². The van der Waals surface area contributed by atoms with E-state index in [0.29, 0.717) is 23.3 Å². The van der Waals surface area contributed by atoms with Gasteiger partial charge in [0.1, 0.15) is 5.75 Å². The predicted octanol–water partition coefficient (Wildman–Crippen LogP) is 4.15. The first-order chi connectivity index (χ1) is 10.0. The van der Waals surface area contributed by atoms with Crippen molar-refractivity contribution in [1.82, 2.24) is 0 Å². The maximum Gasteiger partial charge on any atom is 0.276 e. The van der Waals surface area contributed by atoms with E-state index in [1.165, 1.54) is 38.2 Å². The molecule has 0 spiro atoms. The number of nitrogens with zero attached hydrogens (tertiary/aromatic N) is 1. The highest BCUT2D eigenvalue weighted by Gasteiger charge is 2.49. The number of hydrogen-bond acceptors (Lipinski definition) is 3. The van der Waals surface area contributed by atoms with Gasteiger partial charge in [0.05, 0.1) is 11.0 Å². The summed E-state index contributed by atoms with van der Waals surface area (Å²) in [4.78, 5) is 10.6. The summed E-state index contributed by atoms with van der Waals surface area (Å²) in [6, 6.07) is 3.23. The SMILES string of the molecule is Cc1cc(C2C3CC4CC(C3)CC2C4)c(O)cc1[N+](=O)[O-]. The molecule has 0 saturated heterocycles. The Bertz CT molecular complexity index is 582. The zero-order valence-corrected chi connectivity index (χ0v) is 12.3. The van der Waals surface area contributed by atoms with Gasteiger partial charge in [0, 0.05) is 5.56 Å². The number of phenols is 1. The summed E-state index contributed by atoms with van der Waals surface area (Å²) < 4.78 is 0. The van der Waals surface area contributed by atoms with E-state index in [1.54, 1.807) is 6.92 Å². The third-order valence-corrected chi connectivity index (χ3v) is 6.13. The predicted molar refractivity (Wildman–Crippen MR) is 79.3 cm³/mol. The Morgan fingerprint density at radius 2 is 1.67 bits per heavy atom. The first-order valence-corrected chi connectivity index (χ1v) is 8.00. The number of rotatable bonds is 2. The number of aromatic hydroxyl groups is 1. The first-order valence-electron chi connectivity index (χ1n) is 8.00. The van der Waals surface area contributed by atoms with E-state index in [2.05, 4.69) is 0 Å². The largest absolute Gasteiger partial charge is 0.507 e. The van der Waals surface area contributed by atoms with E-state index in [0.717, 1.165) is 17.4 Å². The van der Waals surface area contributed by atoms with Crippen molar-refractivity contribution in [1.29, 1.82) is 0 Å². The molecule has 4 bridgehead atoms. The molecule has 0 radical (unpaired) electrons. The summed E-state index contributed by atoms with van der Waals surface area (Å²) in [6.07, 6.45) is 6.55. The topological polar surface area (TPSA) is 63.4 Å². The Morgan fingerprint density at radius 3 is 2.19 bits per heavy atom. The molecule has 0 atom stereocenters. The zero-order valence-electron chi connectivity index (χ0n) is 12.3. The molecule has 4 fully saturated rings. The third-order valence-electron chi connectivity index (χ3n) is 6.13. The van der Waals surface area contributed by atoms with Gasteiger partial charge >= 0.3 is 0 Å². The number of aryl methyl sites for hydroxylation is 1. The number of hydrogen-bond donors (Lipinski definition) is 1. The van der Waals surface area contributed by atoms with Crippen LogP contribution >= 0.6 is 0 Å². The van der Waals surface area contributed by atoms with Crippen molar-refractivity contribution in [2.75, 3.05) is 0 Å². The highest BCUT2D eigenvalue weighted by atomic mass is 16.6. The van der Waals surface area contributed by atoms with Gasteiger partial charge in [-0.2, -0.15) is 0 Å². The molecule has 4 heteroatoms. The van der Waals surface area contributed by atoms with E-state index < -0.39 is 4.92 Å². The molecular weight excluding hydrogens is 266 g/mol. The van der Waals surface area contributed by atoms with E-state index in [4.69, 9.17) is 0 Å². The fourth-order valence-electron chi connectivity index (χ4n) is 5.60. The zero-order chi connectivity index (χ0) is 14.7. The molecule has 5 rings (SSSR count). The molecule has 0 aliphatic heterocycles. The maximum absolute atomic E-state index is 11.0. The number of nitro benzene ring substituents is 1. The van der Waals surface area contributed by atoms with Gasteiger partial charge in [0.15, 0.2) is 0 Å². The first kappa shape index (κ1) is 13.1. The quantitative estimate of drug-likeness (QED) is 0.656. The van der Waals surface area contributed by atoms with Crippen LogP contribution in [0.2, 0.25) is 0 Å². The second-order valence-corrected chi connectivity index (χ2v) is 7.41. The minimum absolute atomic E-state index is 0.0278. The summed E-state index contributed by atoms with van der Waals surface area (Å²) >= 11 is 0. The van der Waals surface area contributed by atoms with Crippen LogP contribution in [-0.2, 0) is 0 Å². The van der Waals surface area contributed by atoms with Crippen LogP contribution in [0.5, 0.6) is 5.75 Å². The van der Waals surface area contributed by atoms with Gasteiger partial charge in [-0.3, -0.25) is 10.1 Å². The molecular formula is C17H21NO3. The van der Waals surface area contributed by atoms with Crippen LogP contribution in [-0.4, -0.2) is 10.0 Å². The van der Waals surface area contributed by atoms with Crippen LogP contribution in [0, 0.1) is 40.7 Å². The lowest BCUT2D eigenvalue weighted by Crippen LogP contribution is -2.43. The van der Waals surface area contributed by atoms with Gasteiger partial charge in [-0.1, -0.05) is 0 Å². The summed E-state index contributed by atoms with van der Waals surface area (Å²) in [5.41, 5.74) is 1.66. The second kappa shape index (κ2) is 4.46. The lowest BCUT2D eigenvalue weighted by atomic mass is 9.50. The summed E-state index contributed by atoms with van der Waals surface area (Å²) in [5.74, 6) is 3.68. The molecule has 1 aromatic carbocycles. The molecule has 1 aromatic rings. The molecule has 4 saturated carbocycles. The second-order valence-electron chi connectivity index (χ2n) is 7.41. The lowest BCUT2D eigenvalue weighted by molar-refractivity contribution is -0.385. The number of nitro groups is 1. The third kappa shape index (κ3) is 1.95. The van der Waals surface area contributed by atoms with Gasteiger partial charge in [0.2, 0.25) is 0 Å². The van der Waals surface area contributed by atoms with Crippen molar-refractivity contribution in [3.8, 4) is 5.75 Å². The number of phenolic OH excluding ortho intramolecular Hbond substituents is 1. The van der Waals surface area contributed by atoms with Crippen LogP contribution < -0.4 is 0 Å². The standard InChI is InChI=1S/C17H21NO3/c1-9-2-14(16(19)8-15(9)18(20)21)17-12-4-10-3-11(6-12)7-13(17)5-10/h2,8,10-13,17,19H,3-7H2,1H3. The molecule has 0 aromatic heterocycles. The summed E-state index contributed by atoms with van der Waals surface area (Å²) in [7, 11) is 0. The van der Waals surface area contributed by atoms with Crippen LogP contribution in [0.1, 0.15) is 49.1 Å². The van der Waals surface area contributed by atoms with Crippen molar-refractivity contribution in [2.45, 2.75) is 44.9 Å². The minimum Gasteiger partial charge on any atom is -0.507 e. The lowest BCUT2D eigenvalue weighted by Gasteiger charge is -2.54. The Kier molecular flexibility index (Phi) is 2.78. The monoisotopic (exact) mass is 287 g/mol. The Morgan fingerprint density at radius 1 is 1.10 bits per heavy atom. The van der Waals surface area contributed by atoms with Crippen molar-refractivity contribution in [2.24, 2.45) is 23.7 Å². The van der Waals surface area contributed by atoms with Gasteiger partial charge in [-0.15, -0.1) is 0 Å². The smallest absolute Gasteiger partial charge is 0.276 e. The Balaban J connectivity index is 1.74. The van der Waals surface area contributed by atoms with Crippen LogP contribution in [0.4, 0.5) is 5.69 Å². The molecule has 4 aliphatic carbocycles. The van der Waals surface area contributed by atoms with Gasteiger partial charge in [-0.25, -0.2) is 0 Å². The highest BCUT2D eigenvalue weighted by molar-refractivity contribution is 5.51. The van der Waals surface area contributed by atoms with Crippen LogP contribution in [0.15, 0.2) is 12.1 Å². The normalized spacial score (nSPS) is 36.9. The van der Waals surface area contributed by atoms with E-state index >= 15 is 0 Å². The van der Waals surface area contributed by atoms with E-state index in [9.17, 15) is 15.2 Å². The van der Waals surface area contributed by atoms with E-state index in [-0.39, 0.29) is 11.4 Å². The van der Waals surface area contributed by atoms with Crippen LogP contribution in [0.25, 0.3) is 0 Å². The van der Waals surface area contributed by atoms with Gasteiger partial charge in [-0.05, 0) is 80.2 Å². The Labute approximate surface area is 124 Å². The molecule has 4 aliphatic rings. The molecule has 0 amide bonds. The fraction of sp³-hybridized carbons (Fsp3) is 0.647. The average molecular weight is 287 g/mol. The minimum atomic E-state index is -0.407. The van der Waals surface area contributed by atoms with Crippen molar-refractivity contribution < 1.29 is 10.0 Å². The highest BCUT2D eigenvalue weighted by Crippen LogP contribution is 2.60. The van der Waals surface area contributed by atoms with Crippen LogP contribution in [0.3, 0.4) is 0 Å². The summed E-state index contributed by atoms with van der Waals surface area (Å²) in [5, 5.41) is 21.3. The van der Waals surface area contributed by atoms with E-state index in [1.807, 2.05) is 6.07 Å². The molecule has 112 valence electrons. The average Bonchev–Trinajstić information content (AvgIpc) is 2.40. The Hall–Kier alpha value is -1.58. The van der Waals surface area contributed by atoms with Crippen molar-refractivity contribution in [3.63, 3.8) is 0 Å². The molecule has 4 nitrogen and oxygen atoms in total. The van der Waals surface area contributed by atoms with Crippen molar-refractivity contribution in [3.05, 3.63) is 33.4 Å². The fourth-order valence-corrected chi connectivity index (χ4v) is 5.60. The molecule has 0 unspecified atom stereocenters.